The third-order valence-electron chi connectivity index (χ3n) is 3.44. The molecule has 0 aliphatic rings. The average Bonchev–Trinajstić information content (AvgIpc) is 3.05. The molecule has 0 aliphatic heterocycles. The van der Waals surface area contributed by atoms with Crippen LogP contribution < -0.4 is 10.6 Å². The Balaban J connectivity index is 1.92. The number of benzene rings is 1. The molecule has 4 nitrogen and oxygen atoms in total. The van der Waals surface area contributed by atoms with E-state index in [9.17, 15) is 18.7 Å². The highest BCUT2D eigenvalue weighted by Crippen LogP contribution is 2.21. The number of hydrogen-bond acceptors (Lipinski definition) is 3. The van der Waals surface area contributed by atoms with Gasteiger partial charge < -0.3 is 15.7 Å². The third-order valence-corrected chi connectivity index (χ3v) is 4.14. The van der Waals surface area contributed by atoms with Crippen molar-refractivity contribution < 1.29 is 18.7 Å². The van der Waals surface area contributed by atoms with Crippen molar-refractivity contribution in [3.63, 3.8) is 0 Å². The van der Waals surface area contributed by atoms with Crippen LogP contribution in [0.15, 0.2) is 35.0 Å². The van der Waals surface area contributed by atoms with Crippen molar-refractivity contribution in [1.82, 2.24) is 10.6 Å². The number of thiophene rings is 1. The van der Waals surface area contributed by atoms with Crippen LogP contribution in [0.1, 0.15) is 36.6 Å². The van der Waals surface area contributed by atoms with Crippen molar-refractivity contribution in [1.29, 1.82) is 0 Å². The summed E-state index contributed by atoms with van der Waals surface area (Å²) in [6.07, 6.45) is -0.349. The minimum atomic E-state index is -0.797. The topological polar surface area (TPSA) is 61.4 Å². The van der Waals surface area contributed by atoms with Crippen LogP contribution in [0, 0.1) is 11.6 Å². The zero-order chi connectivity index (χ0) is 16.8. The molecule has 0 bridgehead atoms. The van der Waals surface area contributed by atoms with Gasteiger partial charge in [-0.3, -0.25) is 0 Å². The van der Waals surface area contributed by atoms with Crippen molar-refractivity contribution in [2.24, 2.45) is 0 Å². The average molecular weight is 340 g/mol. The zero-order valence-electron chi connectivity index (χ0n) is 12.6. The molecule has 0 aliphatic carbocycles. The smallest absolute Gasteiger partial charge is 0.315 e. The summed E-state index contributed by atoms with van der Waals surface area (Å²) in [5, 5.41) is 18.7. The van der Waals surface area contributed by atoms with E-state index in [-0.39, 0.29) is 12.1 Å². The van der Waals surface area contributed by atoms with E-state index in [1.807, 2.05) is 5.38 Å². The Kier molecular flexibility index (Phi) is 6.06. The first kappa shape index (κ1) is 17.4. The van der Waals surface area contributed by atoms with Gasteiger partial charge in [-0.05, 0) is 34.9 Å². The number of rotatable bonds is 6. The van der Waals surface area contributed by atoms with E-state index in [2.05, 4.69) is 10.6 Å². The fourth-order valence-electron chi connectivity index (χ4n) is 2.16. The molecule has 0 saturated carbocycles. The summed E-state index contributed by atoms with van der Waals surface area (Å²) in [6, 6.07) is 3.94. The summed E-state index contributed by atoms with van der Waals surface area (Å²) in [5.74, 6) is -1.36. The molecule has 2 rings (SSSR count). The number of urea groups is 1. The predicted molar refractivity (Wildman–Crippen MR) is 85.2 cm³/mol. The SMILES string of the molecule is CCC(NC(=O)NCC(O)c1ccsc1)c1ccc(F)cc1F. The number of carbonyl (C=O) groups is 1. The highest BCUT2D eigenvalue weighted by Gasteiger charge is 2.17. The summed E-state index contributed by atoms with van der Waals surface area (Å²) in [7, 11) is 0. The molecule has 0 radical (unpaired) electrons. The first-order valence-electron chi connectivity index (χ1n) is 7.20. The van der Waals surface area contributed by atoms with Crippen LogP contribution in [-0.2, 0) is 0 Å². The second kappa shape index (κ2) is 8.03. The molecule has 2 unspecified atom stereocenters. The second-order valence-electron chi connectivity index (χ2n) is 5.05. The Bertz CT molecular complexity index is 650. The van der Waals surface area contributed by atoms with Gasteiger partial charge in [-0.15, -0.1) is 0 Å². The zero-order valence-corrected chi connectivity index (χ0v) is 13.4. The van der Waals surface area contributed by atoms with Crippen LogP contribution in [0.5, 0.6) is 0 Å². The molecule has 7 heteroatoms. The molecule has 2 atom stereocenters. The van der Waals surface area contributed by atoms with Crippen molar-refractivity contribution in [2.75, 3.05) is 6.54 Å². The van der Waals surface area contributed by atoms with Gasteiger partial charge in [-0.25, -0.2) is 13.6 Å². The second-order valence-corrected chi connectivity index (χ2v) is 5.83. The van der Waals surface area contributed by atoms with Gasteiger partial charge in [-0.2, -0.15) is 11.3 Å². The number of carbonyl (C=O) groups excluding carboxylic acids is 1. The molecule has 3 N–H and O–H groups in total. The molecule has 0 spiro atoms. The minimum Gasteiger partial charge on any atom is -0.387 e. The van der Waals surface area contributed by atoms with Crippen LogP contribution in [-0.4, -0.2) is 17.7 Å². The van der Waals surface area contributed by atoms with Crippen molar-refractivity contribution in [3.05, 3.63) is 57.8 Å². The van der Waals surface area contributed by atoms with Crippen LogP contribution in [0.3, 0.4) is 0 Å². The summed E-state index contributed by atoms with van der Waals surface area (Å²) >= 11 is 1.46. The van der Waals surface area contributed by atoms with E-state index in [0.29, 0.717) is 6.42 Å². The normalized spacial score (nSPS) is 13.4. The summed E-state index contributed by atoms with van der Waals surface area (Å²) < 4.78 is 26.7. The molecule has 0 saturated heterocycles. The summed E-state index contributed by atoms with van der Waals surface area (Å²) in [4.78, 5) is 11.9. The number of aliphatic hydroxyl groups excluding tert-OH is 1. The number of aliphatic hydroxyl groups is 1. The largest absolute Gasteiger partial charge is 0.387 e. The van der Waals surface area contributed by atoms with E-state index in [0.717, 1.165) is 17.7 Å². The Hall–Kier alpha value is -1.99. The monoisotopic (exact) mass is 340 g/mol. The van der Waals surface area contributed by atoms with Crippen molar-refractivity contribution in [3.8, 4) is 0 Å². The van der Waals surface area contributed by atoms with Gasteiger partial charge in [-0.1, -0.05) is 13.0 Å². The Morgan fingerprint density at radius 2 is 2.13 bits per heavy atom. The van der Waals surface area contributed by atoms with Crippen LogP contribution in [0.2, 0.25) is 0 Å². The lowest BCUT2D eigenvalue weighted by atomic mass is 10.0. The molecule has 1 aromatic heterocycles. The first-order valence-corrected chi connectivity index (χ1v) is 8.15. The van der Waals surface area contributed by atoms with E-state index in [4.69, 9.17) is 0 Å². The Labute approximate surface area is 137 Å². The molecule has 0 fully saturated rings. The maximum atomic E-state index is 13.8. The standard InChI is InChI=1S/C16H18F2N2O2S/c1-2-14(12-4-3-11(17)7-13(12)18)20-16(22)19-8-15(21)10-5-6-23-9-10/h3-7,9,14-15,21H,2,8H2,1H3,(H2,19,20,22). The summed E-state index contributed by atoms with van der Waals surface area (Å²) in [5.41, 5.74) is 0.953. The van der Waals surface area contributed by atoms with Crippen LogP contribution >= 0.6 is 11.3 Å². The van der Waals surface area contributed by atoms with Crippen molar-refractivity contribution >= 4 is 17.4 Å². The highest BCUT2D eigenvalue weighted by atomic mass is 32.1. The van der Waals surface area contributed by atoms with Gasteiger partial charge in [0.25, 0.3) is 0 Å². The Morgan fingerprint density at radius 1 is 1.35 bits per heavy atom. The van der Waals surface area contributed by atoms with Crippen LogP contribution in [0.25, 0.3) is 0 Å². The lowest BCUT2D eigenvalue weighted by Crippen LogP contribution is -2.39. The van der Waals surface area contributed by atoms with Gasteiger partial charge in [0.05, 0.1) is 12.1 Å². The van der Waals surface area contributed by atoms with Gasteiger partial charge in [0.2, 0.25) is 0 Å². The van der Waals surface area contributed by atoms with Gasteiger partial charge in [0.1, 0.15) is 11.6 Å². The number of halogens is 2. The fourth-order valence-corrected chi connectivity index (χ4v) is 2.87. The molecule has 1 aromatic carbocycles. The number of nitrogens with one attached hydrogen (secondary N) is 2. The van der Waals surface area contributed by atoms with Gasteiger partial charge >= 0.3 is 6.03 Å². The number of hydrogen-bond donors (Lipinski definition) is 3. The maximum Gasteiger partial charge on any atom is 0.315 e. The molecule has 1 heterocycles. The minimum absolute atomic E-state index is 0.0465. The van der Waals surface area contributed by atoms with E-state index < -0.39 is 29.8 Å². The molecule has 2 aromatic rings. The maximum absolute atomic E-state index is 13.8. The Morgan fingerprint density at radius 3 is 2.74 bits per heavy atom. The molecule has 23 heavy (non-hydrogen) atoms. The van der Waals surface area contributed by atoms with E-state index in [1.54, 1.807) is 18.4 Å². The van der Waals surface area contributed by atoms with E-state index >= 15 is 0 Å². The number of amides is 2. The van der Waals surface area contributed by atoms with Crippen molar-refractivity contribution in [2.45, 2.75) is 25.5 Å². The molecular weight excluding hydrogens is 322 g/mol. The highest BCUT2D eigenvalue weighted by molar-refractivity contribution is 7.07. The van der Waals surface area contributed by atoms with Crippen LogP contribution in [0.4, 0.5) is 13.6 Å². The quantitative estimate of drug-likeness (QED) is 0.753. The van der Waals surface area contributed by atoms with Gasteiger partial charge in [0.15, 0.2) is 0 Å². The molecule has 124 valence electrons. The fraction of sp³-hybridized carbons (Fsp3) is 0.312. The lowest BCUT2D eigenvalue weighted by Gasteiger charge is -2.19. The van der Waals surface area contributed by atoms with Gasteiger partial charge in [0, 0.05) is 18.2 Å². The molecular formula is C16H18F2N2O2S. The lowest BCUT2D eigenvalue weighted by molar-refractivity contribution is 0.173. The predicted octanol–water partition coefficient (Wildman–Crippen LogP) is 3.51. The van der Waals surface area contributed by atoms with E-state index in [1.165, 1.54) is 17.4 Å². The third kappa shape index (κ3) is 4.74. The summed E-state index contributed by atoms with van der Waals surface area (Å²) in [6.45, 7) is 1.83. The molecule has 2 amide bonds. The first-order chi connectivity index (χ1) is 11.0.